The standard InChI is InChI=1S/C26H28N4O3S2/c1-26(2,25(27)31)15-24-28-21(16-34-24)17-8-5-9-18(14-17)29-35(32,33)23-13-7-10-19-20(23)11-6-12-22(19)30(3)4/h5-14,16,29H,15H2,1-4H3,(H2,27,31). The van der Waals surface area contributed by atoms with Crippen LogP contribution in [0.25, 0.3) is 22.0 Å². The zero-order valence-corrected chi connectivity index (χ0v) is 21.7. The second kappa shape index (κ2) is 9.31. The lowest BCUT2D eigenvalue weighted by Crippen LogP contribution is -2.33. The molecule has 0 unspecified atom stereocenters. The van der Waals surface area contributed by atoms with Crippen LogP contribution in [-0.2, 0) is 21.2 Å². The van der Waals surface area contributed by atoms with Crippen LogP contribution in [0, 0.1) is 5.41 Å². The van der Waals surface area contributed by atoms with Crippen molar-refractivity contribution in [3.63, 3.8) is 0 Å². The summed E-state index contributed by atoms with van der Waals surface area (Å²) in [5, 5.41) is 4.21. The molecular weight excluding hydrogens is 480 g/mol. The van der Waals surface area contributed by atoms with Crippen molar-refractivity contribution >= 4 is 49.4 Å². The Hall–Kier alpha value is -3.43. The third-order valence-electron chi connectivity index (χ3n) is 5.85. The number of hydrogen-bond acceptors (Lipinski definition) is 6. The molecule has 9 heteroatoms. The molecule has 182 valence electrons. The van der Waals surface area contributed by atoms with Crippen LogP contribution >= 0.6 is 11.3 Å². The summed E-state index contributed by atoms with van der Waals surface area (Å²) in [4.78, 5) is 18.5. The van der Waals surface area contributed by atoms with Crippen molar-refractivity contribution in [1.29, 1.82) is 0 Å². The van der Waals surface area contributed by atoms with E-state index in [0.717, 1.165) is 21.6 Å². The number of sulfonamides is 1. The minimum atomic E-state index is -3.85. The number of thiazole rings is 1. The predicted molar refractivity (Wildman–Crippen MR) is 143 cm³/mol. The molecule has 0 saturated heterocycles. The van der Waals surface area contributed by atoms with Gasteiger partial charge in [0.15, 0.2) is 0 Å². The fraction of sp³-hybridized carbons (Fsp3) is 0.231. The van der Waals surface area contributed by atoms with Crippen molar-refractivity contribution in [3.05, 3.63) is 71.1 Å². The highest BCUT2D eigenvalue weighted by Crippen LogP contribution is 2.32. The molecule has 0 aliphatic rings. The zero-order valence-electron chi connectivity index (χ0n) is 20.1. The van der Waals surface area contributed by atoms with Gasteiger partial charge in [0.1, 0.15) is 0 Å². The zero-order chi connectivity index (χ0) is 25.4. The highest BCUT2D eigenvalue weighted by atomic mass is 32.2. The molecule has 0 aliphatic heterocycles. The van der Waals surface area contributed by atoms with Gasteiger partial charge in [-0.05, 0) is 24.3 Å². The van der Waals surface area contributed by atoms with E-state index < -0.39 is 15.4 Å². The van der Waals surface area contributed by atoms with Gasteiger partial charge in [0, 0.05) is 59.0 Å². The Kier molecular flexibility index (Phi) is 6.57. The van der Waals surface area contributed by atoms with Gasteiger partial charge in [0.2, 0.25) is 5.91 Å². The van der Waals surface area contributed by atoms with Crippen molar-refractivity contribution in [3.8, 4) is 11.3 Å². The van der Waals surface area contributed by atoms with E-state index in [1.165, 1.54) is 11.3 Å². The minimum absolute atomic E-state index is 0.216. The lowest BCUT2D eigenvalue weighted by atomic mass is 9.89. The number of nitrogens with one attached hydrogen (secondary N) is 1. The number of hydrogen-bond donors (Lipinski definition) is 2. The van der Waals surface area contributed by atoms with Gasteiger partial charge in [0.05, 0.1) is 15.6 Å². The predicted octanol–water partition coefficient (Wildman–Crippen LogP) is 4.88. The number of nitrogens with two attached hydrogens (primary N) is 1. The van der Waals surface area contributed by atoms with Crippen LogP contribution in [-0.4, -0.2) is 33.4 Å². The van der Waals surface area contributed by atoms with E-state index in [1.807, 2.05) is 54.7 Å². The van der Waals surface area contributed by atoms with Crippen molar-refractivity contribution in [2.24, 2.45) is 11.1 Å². The molecule has 0 radical (unpaired) electrons. The molecule has 3 N–H and O–H groups in total. The number of anilines is 2. The Morgan fingerprint density at radius 2 is 1.74 bits per heavy atom. The summed E-state index contributed by atoms with van der Waals surface area (Å²) in [5.74, 6) is -0.378. The highest BCUT2D eigenvalue weighted by Gasteiger charge is 2.27. The van der Waals surface area contributed by atoms with E-state index in [-0.39, 0.29) is 10.8 Å². The Bertz CT molecular complexity index is 1510. The van der Waals surface area contributed by atoms with E-state index >= 15 is 0 Å². The number of aromatic nitrogens is 1. The summed E-state index contributed by atoms with van der Waals surface area (Å²) in [6.45, 7) is 3.58. The monoisotopic (exact) mass is 508 g/mol. The Morgan fingerprint density at radius 1 is 1.06 bits per heavy atom. The van der Waals surface area contributed by atoms with Crippen LogP contribution < -0.4 is 15.4 Å². The number of carbonyl (C=O) groups is 1. The lowest BCUT2D eigenvalue weighted by molar-refractivity contribution is -0.125. The van der Waals surface area contributed by atoms with Crippen molar-refractivity contribution in [2.45, 2.75) is 25.2 Å². The van der Waals surface area contributed by atoms with Crippen LogP contribution in [0.2, 0.25) is 0 Å². The number of nitrogens with zero attached hydrogens (tertiary/aromatic N) is 2. The maximum atomic E-state index is 13.4. The van der Waals surface area contributed by atoms with Gasteiger partial charge in [-0.25, -0.2) is 13.4 Å². The minimum Gasteiger partial charge on any atom is -0.377 e. The van der Waals surface area contributed by atoms with E-state index in [4.69, 9.17) is 5.73 Å². The summed E-state index contributed by atoms with van der Waals surface area (Å²) in [6, 6.07) is 18.0. The van der Waals surface area contributed by atoms with Crippen LogP contribution in [0.15, 0.2) is 70.9 Å². The number of fused-ring (bicyclic) bond motifs is 1. The Morgan fingerprint density at radius 3 is 2.46 bits per heavy atom. The molecule has 3 aromatic carbocycles. The number of amides is 1. The lowest BCUT2D eigenvalue weighted by Gasteiger charge is -2.18. The van der Waals surface area contributed by atoms with Crippen LogP contribution in [0.5, 0.6) is 0 Å². The summed E-state index contributed by atoms with van der Waals surface area (Å²) >= 11 is 1.45. The first-order chi connectivity index (χ1) is 16.5. The molecule has 0 spiro atoms. The quantitative estimate of drug-likeness (QED) is 0.353. The van der Waals surface area contributed by atoms with Gasteiger partial charge in [-0.15, -0.1) is 11.3 Å². The molecule has 0 bridgehead atoms. The first-order valence-corrected chi connectivity index (χ1v) is 13.4. The molecule has 7 nitrogen and oxygen atoms in total. The molecule has 1 amide bonds. The topological polar surface area (TPSA) is 105 Å². The summed E-state index contributed by atoms with van der Waals surface area (Å²) in [5.41, 5.74) is 7.67. The maximum absolute atomic E-state index is 13.4. The van der Waals surface area contributed by atoms with E-state index in [0.29, 0.717) is 23.2 Å². The SMILES string of the molecule is CN(C)c1cccc2c(S(=O)(=O)Nc3cccc(-c4csc(CC(C)(C)C(N)=O)n4)c3)cccc12. The molecule has 4 aromatic rings. The van der Waals surface area contributed by atoms with Crippen molar-refractivity contribution in [1.82, 2.24) is 4.98 Å². The second-order valence-electron chi connectivity index (χ2n) is 9.26. The normalized spacial score (nSPS) is 12.0. The second-order valence-corrected chi connectivity index (χ2v) is 11.9. The summed E-state index contributed by atoms with van der Waals surface area (Å²) in [7, 11) is 0.0107. The molecule has 1 aromatic heterocycles. The van der Waals surface area contributed by atoms with Gasteiger partial charge < -0.3 is 10.6 Å². The van der Waals surface area contributed by atoms with E-state index in [9.17, 15) is 13.2 Å². The maximum Gasteiger partial charge on any atom is 0.262 e. The highest BCUT2D eigenvalue weighted by molar-refractivity contribution is 7.93. The summed E-state index contributed by atoms with van der Waals surface area (Å²) in [6.07, 6.45) is 0.440. The van der Waals surface area contributed by atoms with Gasteiger partial charge in [-0.1, -0.05) is 50.2 Å². The van der Waals surface area contributed by atoms with Crippen LogP contribution in [0.3, 0.4) is 0 Å². The van der Waals surface area contributed by atoms with Gasteiger partial charge in [0.25, 0.3) is 10.0 Å². The molecule has 0 atom stereocenters. The van der Waals surface area contributed by atoms with Gasteiger partial charge in [-0.3, -0.25) is 9.52 Å². The number of rotatable bonds is 8. The van der Waals surface area contributed by atoms with Gasteiger partial charge >= 0.3 is 0 Å². The number of carbonyl (C=O) groups excluding carboxylic acids is 1. The van der Waals surface area contributed by atoms with E-state index in [2.05, 4.69) is 9.71 Å². The third kappa shape index (κ3) is 5.16. The smallest absolute Gasteiger partial charge is 0.262 e. The molecule has 0 fully saturated rings. The van der Waals surface area contributed by atoms with Crippen molar-refractivity contribution in [2.75, 3.05) is 23.7 Å². The van der Waals surface area contributed by atoms with Gasteiger partial charge in [-0.2, -0.15) is 0 Å². The summed E-state index contributed by atoms with van der Waals surface area (Å²) < 4.78 is 29.5. The Labute approximate surface area is 209 Å². The molecule has 35 heavy (non-hydrogen) atoms. The molecule has 0 saturated carbocycles. The Balaban J connectivity index is 1.63. The van der Waals surface area contributed by atoms with Crippen LogP contribution in [0.4, 0.5) is 11.4 Å². The molecule has 0 aliphatic carbocycles. The molecule has 1 heterocycles. The fourth-order valence-corrected chi connectivity index (χ4v) is 6.13. The average Bonchev–Trinajstić information content (AvgIpc) is 3.25. The first-order valence-electron chi connectivity index (χ1n) is 11.0. The fourth-order valence-electron chi connectivity index (χ4n) is 3.83. The van der Waals surface area contributed by atoms with E-state index in [1.54, 1.807) is 44.2 Å². The van der Waals surface area contributed by atoms with Crippen molar-refractivity contribution < 1.29 is 13.2 Å². The largest absolute Gasteiger partial charge is 0.377 e. The third-order valence-corrected chi connectivity index (χ3v) is 8.14. The average molecular weight is 509 g/mol. The first kappa shape index (κ1) is 24.7. The molecule has 4 rings (SSSR count). The number of primary amides is 1. The van der Waals surface area contributed by atoms with Crippen LogP contribution in [0.1, 0.15) is 18.9 Å². The number of benzene rings is 3. The molecular formula is C26H28N4O3S2.